The zero-order chi connectivity index (χ0) is 20.5. The number of rotatable bonds is 2. The summed E-state index contributed by atoms with van der Waals surface area (Å²) in [5.41, 5.74) is 1.15. The lowest BCUT2D eigenvalue weighted by Crippen LogP contribution is -2.58. The van der Waals surface area contributed by atoms with Crippen LogP contribution in [-0.2, 0) is 19.1 Å². The van der Waals surface area contributed by atoms with Crippen LogP contribution < -0.4 is 0 Å². The molecule has 0 aliphatic heterocycles. The highest BCUT2D eigenvalue weighted by Crippen LogP contribution is 2.67. The summed E-state index contributed by atoms with van der Waals surface area (Å²) in [6.07, 6.45) is 9.20. The van der Waals surface area contributed by atoms with E-state index in [-0.39, 0.29) is 28.4 Å². The molecule has 4 nitrogen and oxygen atoms in total. The average Bonchev–Trinajstić information content (AvgIpc) is 2.90. The maximum absolute atomic E-state index is 12.8. The van der Waals surface area contributed by atoms with Crippen LogP contribution in [0.3, 0.4) is 0 Å². The van der Waals surface area contributed by atoms with Crippen molar-refractivity contribution < 1.29 is 19.1 Å². The standard InChI is InChI=1S/C24H32O4/c1-14-12-18-19(22(4)9-6-17(27)13-21(14)22)7-10-23(5)20(18)8-11-24(23,15(2)25)28-16(3)26/h12-13,18-20H,6-11H2,1-5H3/t18?,19?,20?,22-,23+,24?/m1/s1. The Bertz CT molecular complexity index is 820. The summed E-state index contributed by atoms with van der Waals surface area (Å²) in [6, 6.07) is 0. The molecular weight excluding hydrogens is 352 g/mol. The van der Waals surface area contributed by atoms with Gasteiger partial charge in [-0.25, -0.2) is 0 Å². The lowest BCUT2D eigenvalue weighted by atomic mass is 9.47. The molecule has 4 rings (SSSR count). The van der Waals surface area contributed by atoms with Crippen molar-refractivity contribution in [3.63, 3.8) is 0 Å². The van der Waals surface area contributed by atoms with Gasteiger partial charge in [0.2, 0.25) is 0 Å². The Morgan fingerprint density at radius 1 is 1.07 bits per heavy atom. The van der Waals surface area contributed by atoms with E-state index in [1.54, 1.807) is 6.92 Å². The Hall–Kier alpha value is -1.71. The van der Waals surface area contributed by atoms with Gasteiger partial charge in [0.1, 0.15) is 0 Å². The molecule has 2 saturated carbocycles. The number of hydrogen-bond acceptors (Lipinski definition) is 4. The normalized spacial score (nSPS) is 44.6. The molecule has 0 amide bonds. The number of Topliss-reactive ketones (excluding diaryl/α,β-unsaturated/α-hetero) is 1. The number of hydrogen-bond donors (Lipinski definition) is 0. The smallest absolute Gasteiger partial charge is 0.303 e. The first-order chi connectivity index (χ1) is 13.0. The van der Waals surface area contributed by atoms with Gasteiger partial charge < -0.3 is 4.74 Å². The average molecular weight is 385 g/mol. The van der Waals surface area contributed by atoms with E-state index < -0.39 is 5.60 Å². The first-order valence-corrected chi connectivity index (χ1v) is 10.7. The molecule has 4 aliphatic carbocycles. The second kappa shape index (κ2) is 6.14. The van der Waals surface area contributed by atoms with Gasteiger partial charge in [0.25, 0.3) is 0 Å². The van der Waals surface area contributed by atoms with Crippen LogP contribution in [0.25, 0.3) is 0 Å². The van der Waals surface area contributed by atoms with Gasteiger partial charge in [-0.05, 0) is 80.8 Å². The van der Waals surface area contributed by atoms with Gasteiger partial charge in [0.05, 0.1) is 0 Å². The van der Waals surface area contributed by atoms with Crippen molar-refractivity contribution in [2.24, 2.45) is 28.6 Å². The third kappa shape index (κ3) is 2.39. The van der Waals surface area contributed by atoms with Crippen molar-refractivity contribution >= 4 is 17.5 Å². The SMILES string of the molecule is CC(=O)OC1(C(C)=O)CCC2C3C=C(C)C4=CC(=O)CC[C@]4(C)C3CC[C@@]21C. The van der Waals surface area contributed by atoms with E-state index in [0.29, 0.717) is 30.6 Å². The number of carbonyl (C=O) groups excluding carboxylic acids is 3. The quantitative estimate of drug-likeness (QED) is 0.654. The molecule has 4 heteroatoms. The van der Waals surface area contributed by atoms with E-state index in [0.717, 1.165) is 25.7 Å². The Morgan fingerprint density at radius 2 is 1.75 bits per heavy atom. The molecule has 0 heterocycles. The molecule has 0 aromatic heterocycles. The Kier molecular flexibility index (Phi) is 4.30. The summed E-state index contributed by atoms with van der Waals surface area (Å²) >= 11 is 0. The molecule has 0 aromatic rings. The lowest BCUT2D eigenvalue weighted by Gasteiger charge is -2.58. The molecule has 2 fully saturated rings. The van der Waals surface area contributed by atoms with Gasteiger partial charge in [-0.15, -0.1) is 0 Å². The second-order valence-corrected chi connectivity index (χ2v) is 10.1. The summed E-state index contributed by atoms with van der Waals surface area (Å²) in [6.45, 7) is 9.63. The summed E-state index contributed by atoms with van der Waals surface area (Å²) in [7, 11) is 0. The van der Waals surface area contributed by atoms with Crippen LogP contribution >= 0.6 is 0 Å². The van der Waals surface area contributed by atoms with E-state index in [2.05, 4.69) is 26.8 Å². The lowest BCUT2D eigenvalue weighted by molar-refractivity contribution is -0.185. The summed E-state index contributed by atoms with van der Waals surface area (Å²) < 4.78 is 5.82. The number of allylic oxidation sites excluding steroid dienone is 4. The fourth-order valence-electron chi connectivity index (χ4n) is 7.48. The third-order valence-corrected chi connectivity index (χ3v) is 8.84. The van der Waals surface area contributed by atoms with Gasteiger partial charge in [-0.1, -0.05) is 25.5 Å². The van der Waals surface area contributed by atoms with E-state index >= 15 is 0 Å². The molecule has 0 aromatic carbocycles. The highest BCUT2D eigenvalue weighted by atomic mass is 16.6. The summed E-state index contributed by atoms with van der Waals surface area (Å²) in [5, 5.41) is 0. The molecule has 0 spiro atoms. The van der Waals surface area contributed by atoms with Crippen LogP contribution in [0.4, 0.5) is 0 Å². The largest absolute Gasteiger partial charge is 0.451 e. The Labute approximate surface area is 167 Å². The minimum absolute atomic E-state index is 0.0160. The van der Waals surface area contributed by atoms with Gasteiger partial charge in [-0.3, -0.25) is 14.4 Å². The van der Waals surface area contributed by atoms with Crippen molar-refractivity contribution in [2.45, 2.75) is 78.7 Å². The Balaban J connectivity index is 1.79. The topological polar surface area (TPSA) is 60.4 Å². The molecule has 152 valence electrons. The first-order valence-electron chi connectivity index (χ1n) is 10.7. The van der Waals surface area contributed by atoms with Crippen LogP contribution in [-0.4, -0.2) is 23.1 Å². The van der Waals surface area contributed by atoms with Gasteiger partial charge in [0, 0.05) is 18.8 Å². The predicted octanol–water partition coefficient (Wildman–Crippen LogP) is 4.58. The van der Waals surface area contributed by atoms with Gasteiger partial charge in [-0.2, -0.15) is 0 Å². The molecule has 6 atom stereocenters. The van der Waals surface area contributed by atoms with E-state index in [4.69, 9.17) is 4.74 Å². The van der Waals surface area contributed by atoms with Gasteiger partial charge in [0.15, 0.2) is 17.2 Å². The molecule has 0 N–H and O–H groups in total. The zero-order valence-electron chi connectivity index (χ0n) is 17.8. The maximum Gasteiger partial charge on any atom is 0.303 e. The van der Waals surface area contributed by atoms with Crippen LogP contribution in [0.15, 0.2) is 23.3 Å². The van der Waals surface area contributed by atoms with Gasteiger partial charge >= 0.3 is 5.97 Å². The third-order valence-electron chi connectivity index (χ3n) is 8.84. The van der Waals surface area contributed by atoms with E-state index in [1.807, 2.05) is 6.08 Å². The highest BCUT2D eigenvalue weighted by Gasteiger charge is 2.67. The van der Waals surface area contributed by atoms with E-state index in [9.17, 15) is 14.4 Å². The minimum atomic E-state index is -0.990. The number of ether oxygens (including phenoxy) is 1. The first kappa shape index (κ1) is 19.6. The summed E-state index contributed by atoms with van der Waals surface area (Å²) in [5.74, 6) is 1.03. The second-order valence-electron chi connectivity index (χ2n) is 10.1. The van der Waals surface area contributed by atoms with Crippen LogP contribution in [0, 0.1) is 28.6 Å². The fraction of sp³-hybridized carbons (Fsp3) is 0.708. The van der Waals surface area contributed by atoms with Crippen molar-refractivity contribution in [1.82, 2.24) is 0 Å². The Morgan fingerprint density at radius 3 is 2.39 bits per heavy atom. The van der Waals surface area contributed by atoms with Crippen molar-refractivity contribution in [3.8, 4) is 0 Å². The molecule has 0 saturated heterocycles. The van der Waals surface area contributed by atoms with Crippen molar-refractivity contribution in [1.29, 1.82) is 0 Å². The fourth-order valence-corrected chi connectivity index (χ4v) is 7.48. The number of fused-ring (bicyclic) bond motifs is 5. The maximum atomic E-state index is 12.8. The molecule has 0 radical (unpaired) electrons. The predicted molar refractivity (Wildman–Crippen MR) is 106 cm³/mol. The number of esters is 1. The summed E-state index contributed by atoms with van der Waals surface area (Å²) in [4.78, 5) is 36.8. The number of carbonyl (C=O) groups is 3. The zero-order valence-corrected chi connectivity index (χ0v) is 17.8. The molecule has 4 unspecified atom stereocenters. The molecular formula is C24H32O4. The highest BCUT2D eigenvalue weighted by molar-refractivity contribution is 5.92. The molecule has 4 aliphatic rings. The number of ketones is 2. The monoisotopic (exact) mass is 384 g/mol. The molecule has 28 heavy (non-hydrogen) atoms. The van der Waals surface area contributed by atoms with Crippen molar-refractivity contribution in [3.05, 3.63) is 23.3 Å². The van der Waals surface area contributed by atoms with Crippen molar-refractivity contribution in [2.75, 3.05) is 0 Å². The van der Waals surface area contributed by atoms with Crippen LogP contribution in [0.1, 0.15) is 73.1 Å². The van der Waals surface area contributed by atoms with Crippen LogP contribution in [0.2, 0.25) is 0 Å². The molecule has 0 bridgehead atoms. The minimum Gasteiger partial charge on any atom is -0.451 e. The van der Waals surface area contributed by atoms with Crippen LogP contribution in [0.5, 0.6) is 0 Å². The van der Waals surface area contributed by atoms with E-state index in [1.165, 1.54) is 18.1 Å².